The summed E-state index contributed by atoms with van der Waals surface area (Å²) in [5.41, 5.74) is 0. The van der Waals surface area contributed by atoms with Crippen molar-refractivity contribution in [1.29, 1.82) is 0 Å². The maximum Gasteiger partial charge on any atom is 0.309 e. The van der Waals surface area contributed by atoms with Crippen LogP contribution in [0.2, 0.25) is 0 Å². The molecule has 5 nitrogen and oxygen atoms in total. The molecule has 0 amide bonds. The Bertz CT molecular complexity index is 297. The number of hydrogen-bond acceptors (Lipinski definition) is 4. The fraction of sp³-hybridized carbons (Fsp3) is 0.833. The van der Waals surface area contributed by atoms with Crippen molar-refractivity contribution in [2.24, 2.45) is 11.8 Å². The maximum absolute atomic E-state index is 11.2. The average Bonchev–Trinajstić information content (AvgIpc) is 2.13. The highest BCUT2D eigenvalue weighted by Gasteiger charge is 2.42. The molecule has 0 aromatic heterocycles. The summed E-state index contributed by atoms with van der Waals surface area (Å²) in [6.45, 7) is 7.05. The van der Waals surface area contributed by atoms with Gasteiger partial charge in [0.15, 0.2) is 5.79 Å². The molecule has 1 heterocycles. The van der Waals surface area contributed by atoms with Gasteiger partial charge in [-0.15, -0.1) is 0 Å². The van der Waals surface area contributed by atoms with E-state index in [9.17, 15) is 14.7 Å². The van der Waals surface area contributed by atoms with Crippen LogP contribution in [-0.4, -0.2) is 35.4 Å². The Hall–Kier alpha value is -0.940. The third kappa shape index (κ3) is 3.51. The molecule has 1 saturated heterocycles. The molecule has 1 rings (SSSR count). The van der Waals surface area contributed by atoms with Crippen molar-refractivity contribution in [3.8, 4) is 0 Å². The molecular weight excluding hydrogens is 224 g/mol. The number of rotatable bonds is 4. The topological polar surface area (TPSA) is 72.8 Å². The van der Waals surface area contributed by atoms with E-state index < -0.39 is 29.9 Å². The minimum atomic E-state index is -0.920. The molecule has 0 spiro atoms. The first-order valence-electron chi connectivity index (χ1n) is 5.80. The molecular formula is C12H20O5. The van der Waals surface area contributed by atoms with Crippen molar-refractivity contribution < 1.29 is 24.2 Å². The number of carboxylic acid groups (broad SMARTS) is 1. The van der Waals surface area contributed by atoms with E-state index in [1.54, 1.807) is 13.8 Å². The summed E-state index contributed by atoms with van der Waals surface area (Å²) >= 11 is 0. The third-order valence-corrected chi connectivity index (χ3v) is 2.89. The lowest BCUT2D eigenvalue weighted by atomic mass is 9.86. The van der Waals surface area contributed by atoms with Crippen molar-refractivity contribution >= 4 is 12.3 Å². The number of aliphatic carboxylic acids is 1. The van der Waals surface area contributed by atoms with Gasteiger partial charge in [-0.25, -0.2) is 0 Å². The minimum absolute atomic E-state index is 0.0568. The summed E-state index contributed by atoms with van der Waals surface area (Å²) in [4.78, 5) is 22.1. The summed E-state index contributed by atoms with van der Waals surface area (Å²) < 4.78 is 11.0. The molecule has 98 valence electrons. The molecule has 0 aromatic rings. The quantitative estimate of drug-likeness (QED) is 0.758. The third-order valence-electron chi connectivity index (χ3n) is 2.89. The highest BCUT2D eigenvalue weighted by molar-refractivity contribution is 5.71. The first-order chi connectivity index (χ1) is 7.76. The van der Waals surface area contributed by atoms with Crippen molar-refractivity contribution in [3.05, 3.63) is 0 Å². The van der Waals surface area contributed by atoms with Gasteiger partial charge in [-0.05, 0) is 19.8 Å². The number of carbonyl (C=O) groups excluding carboxylic acids is 1. The minimum Gasteiger partial charge on any atom is -0.481 e. The van der Waals surface area contributed by atoms with Gasteiger partial charge < -0.3 is 19.4 Å². The second-order valence-electron chi connectivity index (χ2n) is 5.19. The van der Waals surface area contributed by atoms with Crippen molar-refractivity contribution in [2.75, 3.05) is 0 Å². The van der Waals surface area contributed by atoms with Crippen LogP contribution in [0.3, 0.4) is 0 Å². The van der Waals surface area contributed by atoms with Crippen LogP contribution < -0.4 is 0 Å². The van der Waals surface area contributed by atoms with Gasteiger partial charge in [0.1, 0.15) is 12.4 Å². The van der Waals surface area contributed by atoms with Crippen molar-refractivity contribution in [1.82, 2.24) is 0 Å². The molecule has 3 unspecified atom stereocenters. The van der Waals surface area contributed by atoms with Gasteiger partial charge in [0, 0.05) is 6.42 Å². The van der Waals surface area contributed by atoms with Crippen LogP contribution in [0.5, 0.6) is 0 Å². The zero-order valence-corrected chi connectivity index (χ0v) is 10.7. The molecule has 1 aliphatic rings. The van der Waals surface area contributed by atoms with Crippen LogP contribution in [0.25, 0.3) is 0 Å². The van der Waals surface area contributed by atoms with Gasteiger partial charge >= 0.3 is 5.97 Å². The summed E-state index contributed by atoms with van der Waals surface area (Å²) in [5.74, 6) is -2.50. The number of ether oxygens (including phenoxy) is 2. The van der Waals surface area contributed by atoms with Crippen LogP contribution in [0.1, 0.15) is 34.1 Å². The molecule has 1 aliphatic heterocycles. The molecule has 3 atom stereocenters. The lowest BCUT2D eigenvalue weighted by Crippen LogP contribution is -2.50. The molecule has 0 aliphatic carbocycles. The number of carboxylic acids is 1. The Morgan fingerprint density at radius 3 is 2.41 bits per heavy atom. The molecule has 0 aromatic carbocycles. The molecule has 0 bridgehead atoms. The van der Waals surface area contributed by atoms with Gasteiger partial charge in [-0.2, -0.15) is 0 Å². The summed E-state index contributed by atoms with van der Waals surface area (Å²) in [5, 5.41) is 9.22. The van der Waals surface area contributed by atoms with E-state index in [-0.39, 0.29) is 5.92 Å². The standard InChI is InChI=1S/C12H20O5/c1-7(2)10(11(14)15)9-5-8(6-13)16-12(3,4)17-9/h6-10H,5H2,1-4H3,(H,14,15). The highest BCUT2D eigenvalue weighted by Crippen LogP contribution is 2.32. The Morgan fingerprint density at radius 1 is 1.41 bits per heavy atom. The van der Waals surface area contributed by atoms with Crippen LogP contribution >= 0.6 is 0 Å². The van der Waals surface area contributed by atoms with Crippen LogP contribution in [0.15, 0.2) is 0 Å². The van der Waals surface area contributed by atoms with Gasteiger partial charge in [-0.3, -0.25) is 4.79 Å². The van der Waals surface area contributed by atoms with Crippen LogP contribution in [-0.2, 0) is 19.1 Å². The zero-order valence-electron chi connectivity index (χ0n) is 10.7. The molecule has 5 heteroatoms. The van der Waals surface area contributed by atoms with E-state index in [1.165, 1.54) is 0 Å². The van der Waals surface area contributed by atoms with Gasteiger partial charge in [0.25, 0.3) is 0 Å². The second kappa shape index (κ2) is 5.14. The second-order valence-corrected chi connectivity index (χ2v) is 5.19. The number of hydrogen-bond donors (Lipinski definition) is 1. The van der Waals surface area contributed by atoms with E-state index in [4.69, 9.17) is 9.47 Å². The summed E-state index contributed by atoms with van der Waals surface area (Å²) in [6.07, 6.45) is -0.0886. The molecule has 17 heavy (non-hydrogen) atoms. The highest BCUT2D eigenvalue weighted by atomic mass is 16.7. The Balaban J connectivity index is 2.87. The van der Waals surface area contributed by atoms with E-state index in [1.807, 2.05) is 13.8 Å². The average molecular weight is 244 g/mol. The Kier molecular flexibility index (Phi) is 4.27. The molecule has 1 fully saturated rings. The maximum atomic E-state index is 11.2. The molecule has 0 radical (unpaired) electrons. The van der Waals surface area contributed by atoms with Crippen molar-refractivity contribution in [3.63, 3.8) is 0 Å². The lowest BCUT2D eigenvalue weighted by Gasteiger charge is -2.41. The van der Waals surface area contributed by atoms with Crippen molar-refractivity contribution in [2.45, 2.75) is 52.1 Å². The molecule has 0 saturated carbocycles. The first-order valence-corrected chi connectivity index (χ1v) is 5.80. The smallest absolute Gasteiger partial charge is 0.309 e. The predicted octanol–water partition coefficient (Wildman–Crippen LogP) is 1.45. The predicted molar refractivity (Wildman–Crippen MR) is 60.5 cm³/mol. The Labute approximate surface area is 101 Å². The fourth-order valence-corrected chi connectivity index (χ4v) is 2.26. The fourth-order valence-electron chi connectivity index (χ4n) is 2.26. The van der Waals surface area contributed by atoms with E-state index >= 15 is 0 Å². The SMILES string of the molecule is CC(C)C(C(=O)O)C1CC(C=O)OC(C)(C)O1. The molecule has 1 N–H and O–H groups in total. The largest absolute Gasteiger partial charge is 0.481 e. The summed E-state index contributed by atoms with van der Waals surface area (Å²) in [6, 6.07) is 0. The normalized spacial score (nSPS) is 29.9. The Morgan fingerprint density at radius 2 is 2.00 bits per heavy atom. The van der Waals surface area contributed by atoms with Gasteiger partial charge in [-0.1, -0.05) is 13.8 Å². The lowest BCUT2D eigenvalue weighted by molar-refractivity contribution is -0.300. The van der Waals surface area contributed by atoms with Gasteiger partial charge in [0.2, 0.25) is 0 Å². The zero-order chi connectivity index (χ0) is 13.2. The van der Waals surface area contributed by atoms with E-state index in [0.717, 1.165) is 0 Å². The van der Waals surface area contributed by atoms with Crippen LogP contribution in [0, 0.1) is 11.8 Å². The van der Waals surface area contributed by atoms with Gasteiger partial charge in [0.05, 0.1) is 12.0 Å². The summed E-state index contributed by atoms with van der Waals surface area (Å²) in [7, 11) is 0. The first kappa shape index (κ1) is 14.1. The monoisotopic (exact) mass is 244 g/mol. The van der Waals surface area contributed by atoms with E-state index in [0.29, 0.717) is 12.7 Å². The van der Waals surface area contributed by atoms with E-state index in [2.05, 4.69) is 0 Å². The number of carbonyl (C=O) groups is 2. The van der Waals surface area contributed by atoms with Crippen LogP contribution in [0.4, 0.5) is 0 Å². The number of aldehydes is 1.